The van der Waals surface area contributed by atoms with Crippen LogP contribution >= 0.6 is 35.4 Å². The first kappa shape index (κ1) is 23.0. The van der Waals surface area contributed by atoms with Gasteiger partial charge in [0.25, 0.3) is 0 Å². The maximum absolute atomic E-state index is 12.8. The number of carbonyl (C=O) groups excluding carboxylic acids is 1. The lowest BCUT2D eigenvalue weighted by atomic mass is 10.1. The van der Waals surface area contributed by atoms with Crippen LogP contribution in [-0.2, 0) is 11.3 Å². The van der Waals surface area contributed by atoms with Crippen molar-refractivity contribution in [2.24, 2.45) is 0 Å². The van der Waals surface area contributed by atoms with Crippen LogP contribution in [0.25, 0.3) is 17.1 Å². The molecule has 0 aliphatic rings. The molecule has 0 saturated heterocycles. The zero-order valence-corrected chi connectivity index (χ0v) is 20.2. The summed E-state index contributed by atoms with van der Waals surface area (Å²) in [6, 6.07) is 20.3. The molecule has 0 radical (unpaired) electrons. The van der Waals surface area contributed by atoms with Crippen molar-refractivity contribution < 1.29 is 9.53 Å². The highest BCUT2D eigenvalue weighted by atomic mass is 35.5. The lowest BCUT2D eigenvalue weighted by molar-refractivity contribution is -0.116. The largest absolute Gasteiger partial charge is 0.497 e. The van der Waals surface area contributed by atoms with Gasteiger partial charge >= 0.3 is 0 Å². The second-order valence-electron chi connectivity index (χ2n) is 7.29. The first-order valence-electron chi connectivity index (χ1n) is 10.0. The monoisotopic (exact) mass is 498 g/mol. The highest BCUT2D eigenvalue weighted by Gasteiger charge is 2.18. The minimum atomic E-state index is -0.291. The van der Waals surface area contributed by atoms with Gasteiger partial charge in [0, 0.05) is 11.3 Å². The van der Waals surface area contributed by atoms with Crippen molar-refractivity contribution in [3.63, 3.8) is 0 Å². The molecular formula is C24H20Cl2N4O2S. The van der Waals surface area contributed by atoms with Crippen LogP contribution in [0, 0.1) is 11.7 Å². The fourth-order valence-corrected chi connectivity index (χ4v) is 3.97. The van der Waals surface area contributed by atoms with Crippen molar-refractivity contribution in [1.82, 2.24) is 14.3 Å². The molecule has 0 bridgehead atoms. The van der Waals surface area contributed by atoms with E-state index in [0.29, 0.717) is 26.3 Å². The summed E-state index contributed by atoms with van der Waals surface area (Å²) >= 11 is 17.7. The van der Waals surface area contributed by atoms with E-state index < -0.39 is 0 Å². The van der Waals surface area contributed by atoms with E-state index in [9.17, 15) is 4.79 Å². The third-order valence-electron chi connectivity index (χ3n) is 5.04. The van der Waals surface area contributed by atoms with Crippen LogP contribution in [0.2, 0.25) is 10.0 Å². The molecule has 1 aromatic heterocycles. The highest BCUT2D eigenvalue weighted by molar-refractivity contribution is 7.71. The Morgan fingerprint density at radius 3 is 2.45 bits per heavy atom. The Kier molecular flexibility index (Phi) is 6.83. The summed E-state index contributed by atoms with van der Waals surface area (Å²) in [6.07, 6.45) is 0. The Labute approximate surface area is 206 Å². The molecule has 4 aromatic rings. The van der Waals surface area contributed by atoms with Crippen LogP contribution in [0.1, 0.15) is 5.56 Å². The molecule has 3 aromatic carbocycles. The quantitative estimate of drug-likeness (QED) is 0.315. The summed E-state index contributed by atoms with van der Waals surface area (Å²) < 4.78 is 9.05. The summed E-state index contributed by atoms with van der Waals surface area (Å²) in [5.41, 5.74) is 3.30. The molecule has 9 heteroatoms. The van der Waals surface area contributed by atoms with Crippen molar-refractivity contribution in [3.8, 4) is 22.8 Å². The van der Waals surface area contributed by atoms with Crippen molar-refractivity contribution in [3.05, 3.63) is 87.1 Å². The van der Waals surface area contributed by atoms with E-state index in [0.717, 1.165) is 22.6 Å². The van der Waals surface area contributed by atoms with E-state index in [1.807, 2.05) is 60.0 Å². The molecule has 4 rings (SSSR count). The predicted molar refractivity (Wildman–Crippen MR) is 134 cm³/mol. The predicted octanol–water partition coefficient (Wildman–Crippen LogP) is 6.33. The number of hydrogen-bond acceptors (Lipinski definition) is 4. The van der Waals surface area contributed by atoms with Gasteiger partial charge in [0.1, 0.15) is 12.3 Å². The number of halogens is 2. The third kappa shape index (κ3) is 4.95. The summed E-state index contributed by atoms with van der Waals surface area (Å²) in [6.45, 7) is 1.93. The highest BCUT2D eigenvalue weighted by Crippen LogP contribution is 2.27. The molecule has 33 heavy (non-hydrogen) atoms. The summed E-state index contributed by atoms with van der Waals surface area (Å²) in [7, 11) is 1.62. The first-order valence-corrected chi connectivity index (χ1v) is 11.2. The number of para-hydroxylation sites is 1. The number of benzene rings is 3. The van der Waals surface area contributed by atoms with Crippen LogP contribution in [0.5, 0.6) is 5.75 Å². The van der Waals surface area contributed by atoms with Crippen LogP contribution in [-0.4, -0.2) is 27.4 Å². The third-order valence-corrected chi connectivity index (χ3v) is 6.17. The van der Waals surface area contributed by atoms with Gasteiger partial charge < -0.3 is 10.1 Å². The fourth-order valence-electron chi connectivity index (χ4n) is 3.38. The zero-order valence-electron chi connectivity index (χ0n) is 17.9. The van der Waals surface area contributed by atoms with Crippen molar-refractivity contribution in [1.29, 1.82) is 0 Å². The van der Waals surface area contributed by atoms with Gasteiger partial charge in [-0.05, 0) is 73.2 Å². The molecule has 1 amide bonds. The second-order valence-corrected chi connectivity index (χ2v) is 8.47. The van der Waals surface area contributed by atoms with Gasteiger partial charge in [-0.25, -0.2) is 4.68 Å². The number of anilines is 1. The zero-order chi connectivity index (χ0) is 23.5. The second kappa shape index (κ2) is 9.79. The molecule has 0 fully saturated rings. The van der Waals surface area contributed by atoms with E-state index in [2.05, 4.69) is 5.32 Å². The topological polar surface area (TPSA) is 61.1 Å². The lowest BCUT2D eigenvalue weighted by Gasteiger charge is -2.10. The molecule has 0 saturated carbocycles. The van der Waals surface area contributed by atoms with Gasteiger partial charge in [0.15, 0.2) is 5.82 Å². The molecule has 1 N–H and O–H groups in total. The number of methoxy groups -OCH3 is 1. The smallest absolute Gasteiger partial charge is 0.246 e. The van der Waals surface area contributed by atoms with Crippen LogP contribution in [0.3, 0.4) is 0 Å². The number of nitrogens with one attached hydrogen (secondary N) is 1. The summed E-state index contributed by atoms with van der Waals surface area (Å²) in [5.74, 6) is 1.07. The fraction of sp³-hybridized carbons (Fsp3) is 0.125. The summed E-state index contributed by atoms with van der Waals surface area (Å²) in [4.78, 5) is 12.8. The number of hydrogen-bond donors (Lipinski definition) is 1. The standard InChI is InChI=1S/C24H20Cl2N4O2S/c1-15-5-3-4-6-21(15)30-23(16-7-10-18(32-2)11-8-16)28-29(24(30)33)14-22(31)27-17-9-12-19(25)20(26)13-17/h3-13H,14H2,1-2H3,(H,27,31). The normalized spacial score (nSPS) is 10.8. The average molecular weight is 499 g/mol. The van der Waals surface area contributed by atoms with Crippen molar-refractivity contribution in [2.45, 2.75) is 13.5 Å². The Hall–Kier alpha value is -3.13. The number of amides is 1. The van der Waals surface area contributed by atoms with Crippen LogP contribution in [0.15, 0.2) is 66.7 Å². The first-order chi connectivity index (χ1) is 15.9. The SMILES string of the molecule is COc1ccc(-c2nn(CC(=O)Nc3ccc(Cl)c(Cl)c3)c(=S)n2-c2ccccc2C)cc1. The van der Waals surface area contributed by atoms with E-state index >= 15 is 0 Å². The van der Waals surface area contributed by atoms with Crippen LogP contribution < -0.4 is 10.1 Å². The Balaban J connectivity index is 1.73. The van der Waals surface area contributed by atoms with Gasteiger partial charge in [0.05, 0.1) is 22.8 Å². The van der Waals surface area contributed by atoms with Crippen molar-refractivity contribution in [2.75, 3.05) is 12.4 Å². The minimum absolute atomic E-state index is 0.0683. The molecule has 0 aliphatic carbocycles. The number of ether oxygens (including phenoxy) is 1. The molecule has 0 spiro atoms. The lowest BCUT2D eigenvalue weighted by Crippen LogP contribution is -2.19. The van der Waals surface area contributed by atoms with Gasteiger partial charge in [-0.2, -0.15) is 5.10 Å². The molecule has 0 unspecified atom stereocenters. The molecule has 168 valence electrons. The van der Waals surface area contributed by atoms with E-state index in [4.69, 9.17) is 45.3 Å². The van der Waals surface area contributed by atoms with Gasteiger partial charge in [-0.15, -0.1) is 0 Å². The average Bonchev–Trinajstić information content (AvgIpc) is 3.12. The van der Waals surface area contributed by atoms with Crippen LogP contribution in [0.4, 0.5) is 5.69 Å². The number of rotatable bonds is 6. The Morgan fingerprint density at radius 2 is 1.79 bits per heavy atom. The number of nitrogens with zero attached hydrogens (tertiary/aromatic N) is 3. The minimum Gasteiger partial charge on any atom is -0.497 e. The number of aromatic nitrogens is 3. The van der Waals surface area contributed by atoms with Gasteiger partial charge in [0.2, 0.25) is 10.7 Å². The number of carbonyl (C=O) groups is 1. The molecule has 6 nitrogen and oxygen atoms in total. The van der Waals surface area contributed by atoms with Gasteiger partial charge in [-0.1, -0.05) is 41.4 Å². The van der Waals surface area contributed by atoms with E-state index in [1.54, 1.807) is 25.3 Å². The maximum Gasteiger partial charge on any atom is 0.246 e. The van der Waals surface area contributed by atoms with E-state index in [-0.39, 0.29) is 12.5 Å². The maximum atomic E-state index is 12.8. The van der Waals surface area contributed by atoms with Gasteiger partial charge in [-0.3, -0.25) is 9.36 Å². The molecular weight excluding hydrogens is 479 g/mol. The molecule has 0 atom stereocenters. The Bertz CT molecular complexity index is 1380. The Morgan fingerprint density at radius 1 is 1.06 bits per heavy atom. The van der Waals surface area contributed by atoms with Crippen molar-refractivity contribution >= 4 is 47.0 Å². The molecule has 1 heterocycles. The summed E-state index contributed by atoms with van der Waals surface area (Å²) in [5, 5.41) is 8.27. The molecule has 0 aliphatic heterocycles. The van der Waals surface area contributed by atoms with E-state index in [1.165, 1.54) is 4.68 Å². The number of aryl methyl sites for hydroxylation is 1.